The minimum absolute atomic E-state index is 0.135. The number of alkyl halides is 2. The predicted molar refractivity (Wildman–Crippen MR) is 66.0 cm³/mol. The van der Waals surface area contributed by atoms with Crippen LogP contribution in [-0.2, 0) is 6.54 Å². The summed E-state index contributed by atoms with van der Waals surface area (Å²) in [6.45, 7) is 2.50. The summed E-state index contributed by atoms with van der Waals surface area (Å²) in [5.74, 6) is 0.706. The third-order valence-corrected chi connectivity index (χ3v) is 2.48. The Morgan fingerprint density at radius 2 is 2.06 bits per heavy atom. The van der Waals surface area contributed by atoms with E-state index in [9.17, 15) is 8.78 Å². The second kappa shape index (κ2) is 8.00. The Labute approximate surface area is 106 Å². The second-order valence-corrected chi connectivity index (χ2v) is 3.89. The van der Waals surface area contributed by atoms with E-state index in [1.807, 2.05) is 31.2 Å². The third-order valence-electron chi connectivity index (χ3n) is 2.48. The maximum absolute atomic E-state index is 12.4. The Hall–Kier alpha value is -1.20. The quantitative estimate of drug-likeness (QED) is 0.776. The number of hydrogen-bond acceptors (Lipinski definition) is 3. The van der Waals surface area contributed by atoms with Crippen molar-refractivity contribution < 1.29 is 18.6 Å². The fourth-order valence-corrected chi connectivity index (χ4v) is 1.74. The van der Waals surface area contributed by atoms with Crippen LogP contribution in [0.1, 0.15) is 12.5 Å². The molecule has 0 aliphatic carbocycles. The lowest BCUT2D eigenvalue weighted by Crippen LogP contribution is -2.31. The van der Waals surface area contributed by atoms with Gasteiger partial charge in [0, 0.05) is 18.7 Å². The molecule has 0 fully saturated rings. The lowest BCUT2D eigenvalue weighted by Gasteiger charge is -2.22. The molecule has 0 aliphatic heterocycles. The number of nitrogens with zero attached hydrogens (tertiary/aromatic N) is 1. The molecule has 1 aromatic carbocycles. The highest BCUT2D eigenvalue weighted by Gasteiger charge is 2.14. The van der Waals surface area contributed by atoms with Gasteiger partial charge in [0.15, 0.2) is 0 Å². The van der Waals surface area contributed by atoms with E-state index in [1.165, 1.54) is 4.90 Å². The van der Waals surface area contributed by atoms with Crippen LogP contribution in [-0.4, -0.2) is 42.7 Å². The molecule has 1 aromatic rings. The lowest BCUT2D eigenvalue weighted by molar-refractivity contribution is 0.0741. The van der Waals surface area contributed by atoms with E-state index in [1.54, 1.807) is 0 Å². The van der Waals surface area contributed by atoms with Crippen LogP contribution in [0.2, 0.25) is 0 Å². The zero-order valence-corrected chi connectivity index (χ0v) is 10.5. The van der Waals surface area contributed by atoms with Gasteiger partial charge in [0.05, 0.1) is 19.8 Å². The molecule has 0 aromatic heterocycles. The van der Waals surface area contributed by atoms with Gasteiger partial charge in [-0.3, -0.25) is 4.90 Å². The number of hydrogen-bond donors (Lipinski definition) is 1. The van der Waals surface area contributed by atoms with Crippen LogP contribution in [0.5, 0.6) is 5.75 Å². The highest BCUT2D eigenvalue weighted by atomic mass is 19.3. The SMILES string of the molecule is CCOc1ccccc1CN(CCO)CC(F)F. The van der Waals surface area contributed by atoms with Gasteiger partial charge in [-0.05, 0) is 13.0 Å². The van der Waals surface area contributed by atoms with Crippen LogP contribution in [0.15, 0.2) is 24.3 Å². The molecule has 1 N–H and O–H groups in total. The number of halogens is 2. The van der Waals surface area contributed by atoms with Gasteiger partial charge in [0.1, 0.15) is 5.75 Å². The molecule has 0 saturated heterocycles. The summed E-state index contributed by atoms with van der Waals surface area (Å²) in [5.41, 5.74) is 0.855. The van der Waals surface area contributed by atoms with Crippen LogP contribution >= 0.6 is 0 Å². The summed E-state index contributed by atoms with van der Waals surface area (Å²) < 4.78 is 30.3. The van der Waals surface area contributed by atoms with Crippen molar-refractivity contribution in [1.82, 2.24) is 4.90 Å². The molecule has 102 valence electrons. The third kappa shape index (κ3) is 4.98. The van der Waals surface area contributed by atoms with Gasteiger partial charge in [-0.25, -0.2) is 8.78 Å². The maximum atomic E-state index is 12.4. The largest absolute Gasteiger partial charge is 0.494 e. The van der Waals surface area contributed by atoms with Gasteiger partial charge in [0.25, 0.3) is 6.43 Å². The average molecular weight is 259 g/mol. The average Bonchev–Trinajstić information content (AvgIpc) is 2.31. The Morgan fingerprint density at radius 3 is 2.67 bits per heavy atom. The molecular weight excluding hydrogens is 240 g/mol. The molecule has 0 unspecified atom stereocenters. The van der Waals surface area contributed by atoms with Crippen molar-refractivity contribution in [3.63, 3.8) is 0 Å². The van der Waals surface area contributed by atoms with Gasteiger partial charge >= 0.3 is 0 Å². The maximum Gasteiger partial charge on any atom is 0.251 e. The van der Waals surface area contributed by atoms with E-state index in [0.717, 1.165) is 5.56 Å². The molecule has 0 saturated carbocycles. The van der Waals surface area contributed by atoms with Gasteiger partial charge < -0.3 is 9.84 Å². The molecule has 0 atom stereocenters. The molecule has 0 heterocycles. The number of aliphatic hydroxyl groups excluding tert-OH is 1. The standard InChI is InChI=1S/C13H19F2NO2/c1-2-18-12-6-4-3-5-11(12)9-16(7-8-17)10-13(14)15/h3-6,13,17H,2,7-10H2,1H3. The second-order valence-electron chi connectivity index (χ2n) is 3.89. The minimum atomic E-state index is -2.41. The topological polar surface area (TPSA) is 32.7 Å². The molecule has 3 nitrogen and oxygen atoms in total. The molecule has 0 radical (unpaired) electrons. The molecule has 0 spiro atoms. The first-order valence-corrected chi connectivity index (χ1v) is 5.99. The van der Waals surface area contributed by atoms with Crippen molar-refractivity contribution in [3.05, 3.63) is 29.8 Å². The molecule has 0 aliphatic rings. The highest BCUT2D eigenvalue weighted by Crippen LogP contribution is 2.20. The number of aliphatic hydroxyl groups is 1. The zero-order chi connectivity index (χ0) is 13.4. The van der Waals surface area contributed by atoms with E-state index in [-0.39, 0.29) is 19.7 Å². The lowest BCUT2D eigenvalue weighted by atomic mass is 10.2. The molecule has 5 heteroatoms. The summed E-state index contributed by atoms with van der Waals surface area (Å²) in [6, 6.07) is 7.36. The molecule has 0 amide bonds. The van der Waals surface area contributed by atoms with Gasteiger partial charge in [-0.1, -0.05) is 18.2 Å². The summed E-state index contributed by atoms with van der Waals surface area (Å²) in [7, 11) is 0. The van der Waals surface area contributed by atoms with Crippen LogP contribution in [0, 0.1) is 0 Å². The van der Waals surface area contributed by atoms with Crippen molar-refractivity contribution in [2.24, 2.45) is 0 Å². The Balaban J connectivity index is 2.72. The zero-order valence-electron chi connectivity index (χ0n) is 10.5. The number of ether oxygens (including phenoxy) is 1. The first kappa shape index (κ1) is 14.9. The van der Waals surface area contributed by atoms with Gasteiger partial charge in [0.2, 0.25) is 0 Å². The van der Waals surface area contributed by atoms with Crippen molar-refractivity contribution >= 4 is 0 Å². The summed E-state index contributed by atoms with van der Waals surface area (Å²) in [5, 5.41) is 8.88. The predicted octanol–water partition coefficient (Wildman–Crippen LogP) is 2.14. The minimum Gasteiger partial charge on any atom is -0.494 e. The fraction of sp³-hybridized carbons (Fsp3) is 0.538. The van der Waals surface area contributed by atoms with E-state index in [4.69, 9.17) is 9.84 Å². The smallest absolute Gasteiger partial charge is 0.251 e. The van der Waals surface area contributed by atoms with Crippen molar-refractivity contribution in [2.75, 3.05) is 26.3 Å². The fourth-order valence-electron chi connectivity index (χ4n) is 1.74. The molecule has 0 bridgehead atoms. The van der Waals surface area contributed by atoms with Crippen molar-refractivity contribution in [3.8, 4) is 5.75 Å². The van der Waals surface area contributed by atoms with E-state index >= 15 is 0 Å². The van der Waals surface area contributed by atoms with E-state index < -0.39 is 6.43 Å². The summed E-state index contributed by atoms with van der Waals surface area (Å²) >= 11 is 0. The molecule has 1 rings (SSSR count). The monoisotopic (exact) mass is 259 g/mol. The van der Waals surface area contributed by atoms with Crippen LogP contribution < -0.4 is 4.74 Å². The Morgan fingerprint density at radius 1 is 1.33 bits per heavy atom. The van der Waals surface area contributed by atoms with E-state index in [2.05, 4.69) is 0 Å². The number of benzene rings is 1. The van der Waals surface area contributed by atoms with Crippen molar-refractivity contribution in [2.45, 2.75) is 19.9 Å². The Kier molecular flexibility index (Phi) is 6.60. The normalized spacial score (nSPS) is 11.2. The number of para-hydroxylation sites is 1. The van der Waals surface area contributed by atoms with Crippen LogP contribution in [0.3, 0.4) is 0 Å². The van der Waals surface area contributed by atoms with E-state index in [0.29, 0.717) is 18.9 Å². The highest BCUT2D eigenvalue weighted by molar-refractivity contribution is 5.33. The Bertz CT molecular complexity index is 348. The molecule has 18 heavy (non-hydrogen) atoms. The van der Waals surface area contributed by atoms with Crippen LogP contribution in [0.25, 0.3) is 0 Å². The number of rotatable bonds is 8. The summed E-state index contributed by atoms with van der Waals surface area (Å²) in [4.78, 5) is 1.52. The first-order valence-electron chi connectivity index (χ1n) is 5.99. The van der Waals surface area contributed by atoms with Gasteiger partial charge in [-0.15, -0.1) is 0 Å². The van der Waals surface area contributed by atoms with Crippen LogP contribution in [0.4, 0.5) is 8.78 Å². The summed E-state index contributed by atoms with van der Waals surface area (Å²) in [6.07, 6.45) is -2.41. The van der Waals surface area contributed by atoms with Crippen molar-refractivity contribution in [1.29, 1.82) is 0 Å². The molecular formula is C13H19F2NO2. The first-order chi connectivity index (χ1) is 8.67. The van der Waals surface area contributed by atoms with Gasteiger partial charge in [-0.2, -0.15) is 0 Å².